The number of aromatic nitrogens is 1. The van der Waals surface area contributed by atoms with Crippen LogP contribution in [0, 0.1) is 22.7 Å². The Morgan fingerprint density at radius 3 is 1.52 bits per heavy atom. The van der Waals surface area contributed by atoms with Crippen molar-refractivity contribution in [3.63, 3.8) is 0 Å². The summed E-state index contributed by atoms with van der Waals surface area (Å²) in [6.07, 6.45) is 0. The van der Waals surface area contributed by atoms with E-state index in [1.54, 1.807) is 0 Å². The second-order valence-electron chi connectivity index (χ2n) is 21.4. The highest BCUT2D eigenvalue weighted by Crippen LogP contribution is 2.79. The van der Waals surface area contributed by atoms with Crippen LogP contribution in [-0.4, -0.2) is 4.40 Å². The topological polar surface area (TPSA) is 52.0 Å². The highest BCUT2D eigenvalue weighted by molar-refractivity contribution is 6.31. The monoisotopic (exact) mass is 871 g/mol. The third-order valence-electron chi connectivity index (χ3n) is 18.7. The molecule has 19 rings (SSSR count). The standard InChI is InChI=1S/C66H37N3/c1-65(2)60-41-22-10-4-16-35(41)34-15-3-5-17-36(34)54(60)44-29-45-55-48(27-32(30-67)50-52-37-18-6-8-20-39(37)53(57(50)55)40-21-9-7-19-38(40)52)69-49-28-33(31-68)51-58(56(49)59(61(44)65)64(45)69)63-43-24-12-14-26-47(43)66(63)46-25-13-11-23-42(46)62(51)66/h3-29,52-53,62-63H,1-2H3. The van der Waals surface area contributed by atoms with Gasteiger partial charge in [-0.3, -0.25) is 0 Å². The van der Waals surface area contributed by atoms with E-state index >= 15 is 0 Å². The van der Waals surface area contributed by atoms with Gasteiger partial charge < -0.3 is 4.40 Å². The molecule has 1 spiro atoms. The molecule has 2 heterocycles. The van der Waals surface area contributed by atoms with Crippen molar-refractivity contribution < 1.29 is 0 Å². The quantitative estimate of drug-likeness (QED) is 0.143. The van der Waals surface area contributed by atoms with Crippen molar-refractivity contribution in [3.8, 4) is 23.3 Å². The summed E-state index contributed by atoms with van der Waals surface area (Å²) in [4.78, 5) is 0. The molecule has 3 unspecified atom stereocenters. The highest BCUT2D eigenvalue weighted by Gasteiger charge is 2.70. The summed E-state index contributed by atoms with van der Waals surface area (Å²) in [6, 6.07) is 66.9. The molecule has 69 heavy (non-hydrogen) atoms. The van der Waals surface area contributed by atoms with Gasteiger partial charge in [0.2, 0.25) is 0 Å². The van der Waals surface area contributed by atoms with Crippen LogP contribution in [0.5, 0.6) is 0 Å². The lowest BCUT2D eigenvalue weighted by atomic mass is 9.43. The molecule has 0 amide bonds. The molecule has 0 radical (unpaired) electrons. The summed E-state index contributed by atoms with van der Waals surface area (Å²) in [5.74, 6) is 0.117. The molecule has 2 aromatic heterocycles. The number of nitrogens with zero attached hydrogens (tertiary/aromatic N) is 3. The van der Waals surface area contributed by atoms with Crippen LogP contribution in [0.15, 0.2) is 164 Å². The minimum absolute atomic E-state index is 0.0356. The zero-order chi connectivity index (χ0) is 45.1. The second kappa shape index (κ2) is 11.3. The van der Waals surface area contributed by atoms with Crippen LogP contribution < -0.4 is 0 Å². The molecule has 3 heteroatoms. The van der Waals surface area contributed by atoms with E-state index in [0.29, 0.717) is 0 Å². The molecule has 0 saturated carbocycles. The molecule has 12 aromatic rings. The van der Waals surface area contributed by atoms with Gasteiger partial charge in [-0.15, -0.1) is 0 Å². The Labute approximate surface area is 397 Å². The van der Waals surface area contributed by atoms with Gasteiger partial charge in [-0.05, 0) is 129 Å². The van der Waals surface area contributed by atoms with E-state index in [9.17, 15) is 10.5 Å². The van der Waals surface area contributed by atoms with Crippen LogP contribution in [0.3, 0.4) is 0 Å². The third kappa shape index (κ3) is 3.49. The van der Waals surface area contributed by atoms with Gasteiger partial charge in [0, 0.05) is 56.0 Å². The van der Waals surface area contributed by atoms with Crippen LogP contribution in [0.4, 0.5) is 0 Å². The molecular formula is C66H37N3. The van der Waals surface area contributed by atoms with E-state index in [1.165, 1.54) is 132 Å². The molecule has 10 aromatic carbocycles. The van der Waals surface area contributed by atoms with E-state index in [4.69, 9.17) is 0 Å². The lowest BCUT2D eigenvalue weighted by Gasteiger charge is -2.58. The summed E-state index contributed by atoms with van der Waals surface area (Å²) in [6.45, 7) is 4.94. The minimum Gasteiger partial charge on any atom is -0.308 e. The van der Waals surface area contributed by atoms with Gasteiger partial charge in [-0.1, -0.05) is 159 Å². The maximum atomic E-state index is 11.5. The Kier molecular flexibility index (Phi) is 5.82. The van der Waals surface area contributed by atoms with E-state index in [-0.39, 0.29) is 29.1 Å². The van der Waals surface area contributed by atoms with Gasteiger partial charge in [-0.2, -0.15) is 10.5 Å². The zero-order valence-corrected chi connectivity index (χ0v) is 37.7. The van der Waals surface area contributed by atoms with Crippen molar-refractivity contribution in [2.24, 2.45) is 0 Å². The van der Waals surface area contributed by atoms with Crippen molar-refractivity contribution in [1.82, 2.24) is 4.40 Å². The predicted molar refractivity (Wildman–Crippen MR) is 275 cm³/mol. The van der Waals surface area contributed by atoms with Gasteiger partial charge in [0.15, 0.2) is 0 Å². The normalized spacial score (nSPS) is 21.6. The van der Waals surface area contributed by atoms with Crippen molar-refractivity contribution in [1.29, 1.82) is 10.5 Å². The molecule has 0 saturated heterocycles. The molecule has 0 fully saturated rings. The molecule has 7 aliphatic carbocycles. The highest BCUT2D eigenvalue weighted by atomic mass is 14.9. The van der Waals surface area contributed by atoms with Crippen molar-refractivity contribution in [3.05, 3.63) is 253 Å². The first kappa shape index (κ1) is 35.7. The van der Waals surface area contributed by atoms with Gasteiger partial charge in [0.05, 0.1) is 39.8 Å². The third-order valence-corrected chi connectivity index (χ3v) is 18.7. The average Bonchev–Trinajstić information content (AvgIpc) is 4.04. The van der Waals surface area contributed by atoms with Gasteiger partial charge >= 0.3 is 0 Å². The smallest absolute Gasteiger partial charge is 0.0995 e. The Balaban J connectivity index is 1.10. The van der Waals surface area contributed by atoms with E-state index < -0.39 is 5.41 Å². The number of hydrogen-bond acceptors (Lipinski definition) is 2. The fourth-order valence-corrected chi connectivity index (χ4v) is 16.8. The van der Waals surface area contributed by atoms with E-state index in [0.717, 1.165) is 27.7 Å². The first-order valence-corrected chi connectivity index (χ1v) is 24.5. The van der Waals surface area contributed by atoms with Crippen LogP contribution in [0.1, 0.15) is 127 Å². The maximum absolute atomic E-state index is 11.5. The molecule has 2 bridgehead atoms. The lowest BCUT2D eigenvalue weighted by molar-refractivity contribution is 0.333. The molecule has 0 N–H and O–H groups in total. The largest absolute Gasteiger partial charge is 0.308 e. The average molecular weight is 872 g/mol. The molecule has 3 nitrogen and oxygen atoms in total. The Morgan fingerprint density at radius 2 is 0.913 bits per heavy atom. The van der Waals surface area contributed by atoms with E-state index in [2.05, 4.69) is 194 Å². The number of fused-ring (bicyclic) bond motifs is 23. The van der Waals surface area contributed by atoms with Gasteiger partial charge in [0.25, 0.3) is 0 Å². The molecule has 3 atom stereocenters. The summed E-state index contributed by atoms with van der Waals surface area (Å²) >= 11 is 0. The Hall–Kier alpha value is -8.50. The van der Waals surface area contributed by atoms with Crippen LogP contribution in [0.2, 0.25) is 0 Å². The van der Waals surface area contributed by atoms with Crippen molar-refractivity contribution in [2.45, 2.75) is 48.3 Å². The molecular weight excluding hydrogens is 835 g/mol. The fourth-order valence-electron chi connectivity index (χ4n) is 16.8. The Bertz CT molecular complexity index is 4590. The minimum atomic E-state index is -0.397. The molecule has 316 valence electrons. The lowest BCUT2D eigenvalue weighted by Crippen LogP contribution is -2.52. The van der Waals surface area contributed by atoms with Gasteiger partial charge in [-0.25, -0.2) is 0 Å². The number of nitriles is 2. The summed E-state index contributed by atoms with van der Waals surface area (Å²) in [5.41, 5.74) is 25.4. The first-order valence-electron chi connectivity index (χ1n) is 24.5. The SMILES string of the molecule is CC1(C)c2c(c3ccccc3c3ccccc23)-c2cc3c4c5c(c(C#N)cc4n4c6cc(C#N)c7c(c6c(c21)c34)C1c2ccccc2C12c1ccccc1C72)C1c2ccccc2C5c2ccccc21. The van der Waals surface area contributed by atoms with Crippen LogP contribution in [0.25, 0.3) is 70.8 Å². The molecule has 0 aliphatic heterocycles. The maximum Gasteiger partial charge on any atom is 0.0995 e. The number of benzene rings is 10. The van der Waals surface area contributed by atoms with Gasteiger partial charge in [0.1, 0.15) is 0 Å². The van der Waals surface area contributed by atoms with Crippen molar-refractivity contribution >= 4 is 59.6 Å². The second-order valence-corrected chi connectivity index (χ2v) is 21.4. The number of hydrogen-bond donors (Lipinski definition) is 0. The number of rotatable bonds is 0. The summed E-state index contributed by atoms with van der Waals surface area (Å²) < 4.78 is 2.53. The fraction of sp³-hybridized carbons (Fsp3) is 0.121. The Morgan fingerprint density at radius 1 is 0.435 bits per heavy atom. The molecule has 7 aliphatic rings. The first-order chi connectivity index (χ1) is 34.0. The van der Waals surface area contributed by atoms with Crippen LogP contribution >= 0.6 is 0 Å². The van der Waals surface area contributed by atoms with Crippen molar-refractivity contribution in [2.75, 3.05) is 0 Å². The van der Waals surface area contributed by atoms with E-state index in [1.807, 2.05) is 0 Å². The predicted octanol–water partition coefficient (Wildman–Crippen LogP) is 15.1. The van der Waals surface area contributed by atoms with Crippen LogP contribution in [-0.2, 0) is 10.8 Å². The summed E-state index contributed by atoms with van der Waals surface area (Å²) in [5, 5.41) is 33.2. The summed E-state index contributed by atoms with van der Waals surface area (Å²) in [7, 11) is 0. The zero-order valence-electron chi connectivity index (χ0n) is 37.7.